The summed E-state index contributed by atoms with van der Waals surface area (Å²) in [6, 6.07) is 5.65. The minimum atomic E-state index is -0.791. The first-order valence-corrected chi connectivity index (χ1v) is 7.60. The van der Waals surface area contributed by atoms with Crippen molar-refractivity contribution in [2.24, 2.45) is 11.8 Å². The van der Waals surface area contributed by atoms with Gasteiger partial charge in [-0.2, -0.15) is 0 Å². The van der Waals surface area contributed by atoms with E-state index in [-0.39, 0.29) is 17.7 Å². The fourth-order valence-electron chi connectivity index (χ4n) is 2.80. The van der Waals surface area contributed by atoms with Gasteiger partial charge in [-0.1, -0.05) is 30.2 Å². The molecule has 1 aliphatic carbocycles. The van der Waals surface area contributed by atoms with Crippen molar-refractivity contribution >= 4 is 23.5 Å². The number of aliphatic carboxylic acids is 1. The molecule has 2 atom stereocenters. The summed E-state index contributed by atoms with van der Waals surface area (Å²) < 4.78 is 0. The van der Waals surface area contributed by atoms with Crippen LogP contribution < -0.4 is 5.32 Å². The number of hydrogen-bond donors (Lipinski definition) is 2. The molecule has 0 bridgehead atoms. The molecule has 0 saturated heterocycles. The molecular weight excluding hydrogens is 290 g/mol. The number of halogens is 1. The number of hydrogen-bond acceptors (Lipinski definition) is 2. The summed E-state index contributed by atoms with van der Waals surface area (Å²) in [6.07, 6.45) is 2.70. The van der Waals surface area contributed by atoms with Crippen LogP contribution in [0.15, 0.2) is 18.2 Å². The third-order valence-electron chi connectivity index (χ3n) is 4.08. The fraction of sp³-hybridized carbons (Fsp3) is 0.500. The van der Waals surface area contributed by atoms with Crippen LogP contribution in [0, 0.1) is 18.8 Å². The van der Waals surface area contributed by atoms with Crippen molar-refractivity contribution < 1.29 is 14.7 Å². The highest BCUT2D eigenvalue weighted by atomic mass is 35.5. The van der Waals surface area contributed by atoms with Gasteiger partial charge in [0, 0.05) is 17.5 Å². The third-order valence-corrected chi connectivity index (χ3v) is 4.51. The van der Waals surface area contributed by atoms with E-state index in [1.165, 1.54) is 0 Å². The topological polar surface area (TPSA) is 66.4 Å². The van der Waals surface area contributed by atoms with Crippen LogP contribution in [0.5, 0.6) is 0 Å². The summed E-state index contributed by atoms with van der Waals surface area (Å²) in [4.78, 5) is 23.2. The normalized spacial score (nSPS) is 21.8. The summed E-state index contributed by atoms with van der Waals surface area (Å²) in [5, 5.41) is 12.7. The molecule has 1 saturated carbocycles. The van der Waals surface area contributed by atoms with E-state index < -0.39 is 5.97 Å². The minimum absolute atomic E-state index is 0.0476. The van der Waals surface area contributed by atoms with E-state index in [1.807, 2.05) is 25.1 Å². The minimum Gasteiger partial charge on any atom is -0.481 e. The van der Waals surface area contributed by atoms with Gasteiger partial charge < -0.3 is 10.4 Å². The number of carbonyl (C=O) groups excluding carboxylic acids is 1. The van der Waals surface area contributed by atoms with E-state index in [4.69, 9.17) is 16.7 Å². The van der Waals surface area contributed by atoms with Gasteiger partial charge in [-0.3, -0.25) is 9.59 Å². The zero-order chi connectivity index (χ0) is 15.4. The van der Waals surface area contributed by atoms with E-state index in [9.17, 15) is 9.59 Å². The van der Waals surface area contributed by atoms with Crippen LogP contribution in [0.2, 0.25) is 5.02 Å². The molecule has 0 radical (unpaired) electrons. The molecule has 0 aliphatic heterocycles. The summed E-state index contributed by atoms with van der Waals surface area (Å²) in [6.45, 7) is 2.37. The lowest BCUT2D eigenvalue weighted by Crippen LogP contribution is -2.35. The Kier molecular flexibility index (Phi) is 5.23. The first kappa shape index (κ1) is 15.8. The maximum absolute atomic E-state index is 12.2. The van der Waals surface area contributed by atoms with Crippen molar-refractivity contribution in [3.05, 3.63) is 34.3 Å². The Hall–Kier alpha value is -1.55. The molecule has 0 aromatic heterocycles. The predicted octanol–water partition coefficient (Wildman–Crippen LogP) is 3.16. The van der Waals surface area contributed by atoms with Gasteiger partial charge in [0.15, 0.2) is 0 Å². The highest BCUT2D eigenvalue weighted by Gasteiger charge is 2.30. The van der Waals surface area contributed by atoms with E-state index >= 15 is 0 Å². The van der Waals surface area contributed by atoms with Crippen molar-refractivity contribution in [2.45, 2.75) is 39.2 Å². The van der Waals surface area contributed by atoms with E-state index in [1.54, 1.807) is 0 Å². The Balaban J connectivity index is 1.89. The Morgan fingerprint density at radius 2 is 2.05 bits per heavy atom. The highest BCUT2D eigenvalue weighted by Crippen LogP contribution is 2.29. The number of carboxylic acid groups (broad SMARTS) is 1. The van der Waals surface area contributed by atoms with Gasteiger partial charge in [0.1, 0.15) is 0 Å². The molecule has 2 unspecified atom stereocenters. The summed E-state index contributed by atoms with van der Waals surface area (Å²) >= 11 is 5.97. The van der Waals surface area contributed by atoms with Gasteiger partial charge in [-0.05, 0) is 43.4 Å². The molecule has 5 heteroatoms. The number of benzene rings is 1. The van der Waals surface area contributed by atoms with Crippen LogP contribution in [0.25, 0.3) is 0 Å². The number of aryl methyl sites for hydroxylation is 1. The molecule has 1 fully saturated rings. The SMILES string of the molecule is Cc1cc(CNC(=O)C2CCCC(C(=O)O)C2)ccc1Cl. The lowest BCUT2D eigenvalue weighted by Gasteiger charge is -2.25. The molecule has 1 amide bonds. The van der Waals surface area contributed by atoms with Gasteiger partial charge in [0.05, 0.1) is 5.92 Å². The molecule has 114 valence electrons. The first-order valence-electron chi connectivity index (χ1n) is 7.23. The van der Waals surface area contributed by atoms with E-state index in [0.29, 0.717) is 24.4 Å². The van der Waals surface area contributed by atoms with Crippen LogP contribution in [-0.2, 0) is 16.1 Å². The zero-order valence-corrected chi connectivity index (χ0v) is 12.8. The number of nitrogens with one attached hydrogen (secondary N) is 1. The van der Waals surface area contributed by atoms with E-state index in [0.717, 1.165) is 24.0 Å². The number of amides is 1. The highest BCUT2D eigenvalue weighted by molar-refractivity contribution is 6.31. The van der Waals surface area contributed by atoms with Gasteiger partial charge in [-0.25, -0.2) is 0 Å². The molecule has 1 aromatic carbocycles. The van der Waals surface area contributed by atoms with Crippen LogP contribution in [0.1, 0.15) is 36.8 Å². The van der Waals surface area contributed by atoms with Crippen LogP contribution in [0.4, 0.5) is 0 Å². The van der Waals surface area contributed by atoms with Gasteiger partial charge >= 0.3 is 5.97 Å². The smallest absolute Gasteiger partial charge is 0.306 e. The second-order valence-corrected chi connectivity index (χ2v) is 6.11. The molecule has 1 aromatic rings. The molecule has 21 heavy (non-hydrogen) atoms. The van der Waals surface area contributed by atoms with Crippen molar-refractivity contribution in [3.63, 3.8) is 0 Å². The predicted molar refractivity (Wildman–Crippen MR) is 81.1 cm³/mol. The standard InChI is InChI=1S/C16H20ClNO3/c1-10-7-11(5-6-14(10)17)9-18-15(19)12-3-2-4-13(8-12)16(20)21/h5-7,12-13H,2-4,8-9H2,1H3,(H,18,19)(H,20,21). The zero-order valence-electron chi connectivity index (χ0n) is 12.1. The number of carboxylic acids is 1. The van der Waals surface area contributed by atoms with Crippen molar-refractivity contribution in [1.82, 2.24) is 5.32 Å². The van der Waals surface area contributed by atoms with Crippen LogP contribution in [0.3, 0.4) is 0 Å². The molecule has 0 spiro atoms. The summed E-state index contributed by atoms with van der Waals surface area (Å²) in [7, 11) is 0. The molecule has 4 nitrogen and oxygen atoms in total. The van der Waals surface area contributed by atoms with Gasteiger partial charge in [-0.15, -0.1) is 0 Å². The van der Waals surface area contributed by atoms with Crippen LogP contribution >= 0.6 is 11.6 Å². The average molecular weight is 310 g/mol. The Morgan fingerprint density at radius 1 is 1.33 bits per heavy atom. The Morgan fingerprint density at radius 3 is 2.71 bits per heavy atom. The maximum Gasteiger partial charge on any atom is 0.306 e. The quantitative estimate of drug-likeness (QED) is 0.898. The van der Waals surface area contributed by atoms with Crippen LogP contribution in [-0.4, -0.2) is 17.0 Å². The molecule has 1 aliphatic rings. The van der Waals surface area contributed by atoms with Gasteiger partial charge in [0.2, 0.25) is 5.91 Å². The molecule has 2 N–H and O–H groups in total. The lowest BCUT2D eigenvalue weighted by molar-refractivity contribution is -0.144. The number of carbonyl (C=O) groups is 2. The Bertz CT molecular complexity index is 544. The summed E-state index contributed by atoms with van der Waals surface area (Å²) in [5.74, 6) is -1.41. The average Bonchev–Trinajstić information content (AvgIpc) is 2.48. The third kappa shape index (κ3) is 4.21. The fourth-order valence-corrected chi connectivity index (χ4v) is 2.92. The molecule has 2 rings (SSSR count). The van der Waals surface area contributed by atoms with Crippen molar-refractivity contribution in [3.8, 4) is 0 Å². The van der Waals surface area contributed by atoms with E-state index in [2.05, 4.69) is 5.32 Å². The lowest BCUT2D eigenvalue weighted by atomic mass is 9.81. The Labute approximate surface area is 129 Å². The maximum atomic E-state index is 12.2. The molecule has 0 heterocycles. The monoisotopic (exact) mass is 309 g/mol. The van der Waals surface area contributed by atoms with Crippen molar-refractivity contribution in [1.29, 1.82) is 0 Å². The summed E-state index contributed by atoms with van der Waals surface area (Å²) in [5.41, 5.74) is 1.97. The number of rotatable bonds is 4. The van der Waals surface area contributed by atoms with Crippen molar-refractivity contribution in [2.75, 3.05) is 0 Å². The largest absolute Gasteiger partial charge is 0.481 e. The first-order chi connectivity index (χ1) is 9.97. The molecular formula is C16H20ClNO3. The second-order valence-electron chi connectivity index (χ2n) is 5.70. The van der Waals surface area contributed by atoms with Gasteiger partial charge in [0.25, 0.3) is 0 Å². The second kappa shape index (κ2) is 6.94.